The maximum absolute atomic E-state index is 12.4. The number of amides is 1. The number of anilines is 1. The number of nitrogens with one attached hydrogen (secondary N) is 2. The Bertz CT molecular complexity index is 1420. The van der Waals surface area contributed by atoms with E-state index in [1.807, 2.05) is 30.3 Å². The lowest BCUT2D eigenvalue weighted by atomic mass is 9.82. The highest BCUT2D eigenvalue weighted by atomic mass is 32.2. The Labute approximate surface area is 235 Å². The number of carbonyl (C=O) groups is 2. The molecule has 0 saturated heterocycles. The van der Waals surface area contributed by atoms with Gasteiger partial charge in [0.25, 0.3) is 5.91 Å². The number of aliphatic carboxylic acids is 1. The number of hydrogen-bond donors (Lipinski definition) is 3. The maximum Gasteiger partial charge on any atom is 0.305 e. The van der Waals surface area contributed by atoms with Gasteiger partial charge in [0.2, 0.25) is 0 Å². The highest BCUT2D eigenvalue weighted by molar-refractivity contribution is 7.90. The van der Waals surface area contributed by atoms with Crippen molar-refractivity contribution in [2.45, 2.75) is 57.9 Å². The molecule has 0 radical (unpaired) electrons. The smallest absolute Gasteiger partial charge is 0.305 e. The van der Waals surface area contributed by atoms with Gasteiger partial charge in [0.05, 0.1) is 24.8 Å². The lowest BCUT2D eigenvalue weighted by molar-refractivity contribution is -0.136. The first-order valence-corrected chi connectivity index (χ1v) is 15.9. The van der Waals surface area contributed by atoms with Crippen LogP contribution in [0.15, 0.2) is 46.9 Å². The second-order valence-electron chi connectivity index (χ2n) is 10.6. The number of ether oxygens (including phenoxy) is 1. The Morgan fingerprint density at radius 1 is 1.10 bits per heavy atom. The number of furan rings is 1. The largest absolute Gasteiger partial charge is 0.494 e. The van der Waals surface area contributed by atoms with Crippen molar-refractivity contribution in [1.29, 1.82) is 0 Å². The molecule has 9 nitrogen and oxygen atoms in total. The second-order valence-corrected chi connectivity index (χ2v) is 12.8. The van der Waals surface area contributed by atoms with Crippen molar-refractivity contribution in [1.82, 2.24) is 5.32 Å². The van der Waals surface area contributed by atoms with Gasteiger partial charge in [0.15, 0.2) is 0 Å². The van der Waals surface area contributed by atoms with Crippen LogP contribution in [0.4, 0.5) is 5.69 Å². The minimum absolute atomic E-state index is 0.0536. The highest BCUT2D eigenvalue weighted by Crippen LogP contribution is 2.41. The molecule has 2 aromatic carbocycles. The van der Waals surface area contributed by atoms with Gasteiger partial charge in [-0.05, 0) is 74.6 Å². The zero-order chi connectivity index (χ0) is 28.7. The zero-order valence-electron chi connectivity index (χ0n) is 23.1. The molecule has 40 heavy (non-hydrogen) atoms. The summed E-state index contributed by atoms with van der Waals surface area (Å²) >= 11 is 0. The predicted octanol–water partition coefficient (Wildman–Crippen LogP) is 5.49. The minimum Gasteiger partial charge on any atom is -0.494 e. The number of rotatable bonds is 13. The molecule has 1 unspecified atom stereocenters. The number of benzene rings is 2. The highest BCUT2D eigenvalue weighted by Gasteiger charge is 2.30. The summed E-state index contributed by atoms with van der Waals surface area (Å²) in [6, 6.07) is 12.8. The van der Waals surface area contributed by atoms with Crippen LogP contribution in [0.5, 0.6) is 5.75 Å². The third kappa shape index (κ3) is 8.00. The number of hydrogen-bond acceptors (Lipinski definition) is 7. The van der Waals surface area contributed by atoms with E-state index in [2.05, 4.69) is 17.6 Å². The number of aryl methyl sites for hydroxylation is 1. The normalized spacial score (nSPS) is 15.1. The van der Waals surface area contributed by atoms with Crippen LogP contribution < -0.4 is 15.4 Å². The van der Waals surface area contributed by atoms with Gasteiger partial charge in [-0.3, -0.25) is 9.59 Å². The van der Waals surface area contributed by atoms with Crippen LogP contribution in [0, 0.1) is 12.8 Å². The SMILES string of the molecule is Cc1c(C(Nc2ccc(C(=O)NCCC(=O)O)cc2)C2CCCCC2)oc2ccc(OCCCS(C)(=O)=O)cc12. The lowest BCUT2D eigenvalue weighted by Crippen LogP contribution is -2.26. The van der Waals surface area contributed by atoms with Crippen molar-refractivity contribution >= 4 is 38.4 Å². The van der Waals surface area contributed by atoms with Crippen LogP contribution in [0.2, 0.25) is 0 Å². The number of carbonyl (C=O) groups excluding carboxylic acids is 1. The quantitative estimate of drug-likeness (QED) is 0.230. The number of carboxylic acids is 1. The predicted molar refractivity (Wildman–Crippen MR) is 155 cm³/mol. The molecule has 1 heterocycles. The van der Waals surface area contributed by atoms with Crippen LogP contribution in [-0.4, -0.2) is 50.6 Å². The molecule has 216 valence electrons. The third-order valence-corrected chi connectivity index (χ3v) is 8.40. The second kappa shape index (κ2) is 13.2. The fourth-order valence-electron chi connectivity index (χ4n) is 5.26. The summed E-state index contributed by atoms with van der Waals surface area (Å²) in [6.45, 7) is 2.45. The van der Waals surface area contributed by atoms with Crippen molar-refractivity contribution in [3.63, 3.8) is 0 Å². The van der Waals surface area contributed by atoms with E-state index < -0.39 is 15.8 Å². The molecule has 1 atom stereocenters. The molecule has 4 rings (SSSR count). The van der Waals surface area contributed by atoms with Gasteiger partial charge in [0, 0.05) is 35.0 Å². The fourth-order valence-corrected chi connectivity index (χ4v) is 5.91. The van der Waals surface area contributed by atoms with Gasteiger partial charge in [-0.25, -0.2) is 8.42 Å². The Kier molecular flexibility index (Phi) is 9.73. The summed E-state index contributed by atoms with van der Waals surface area (Å²) in [5.41, 5.74) is 3.14. The Morgan fingerprint density at radius 3 is 2.50 bits per heavy atom. The van der Waals surface area contributed by atoms with Gasteiger partial charge < -0.3 is 24.9 Å². The molecular weight excluding hydrogens is 532 g/mol. The van der Waals surface area contributed by atoms with Crippen LogP contribution in [0.3, 0.4) is 0 Å². The third-order valence-electron chi connectivity index (χ3n) is 7.37. The number of sulfone groups is 1. The van der Waals surface area contributed by atoms with Crippen molar-refractivity contribution in [2.75, 3.05) is 30.5 Å². The molecule has 1 aliphatic carbocycles. The van der Waals surface area contributed by atoms with E-state index in [9.17, 15) is 18.0 Å². The van der Waals surface area contributed by atoms with E-state index in [4.69, 9.17) is 14.3 Å². The molecule has 1 fully saturated rings. The van der Waals surface area contributed by atoms with E-state index in [1.54, 1.807) is 12.1 Å². The lowest BCUT2D eigenvalue weighted by Gasteiger charge is -2.31. The van der Waals surface area contributed by atoms with Crippen LogP contribution in [-0.2, 0) is 14.6 Å². The minimum atomic E-state index is -3.02. The summed E-state index contributed by atoms with van der Waals surface area (Å²) in [7, 11) is -3.02. The standard InChI is InChI=1S/C30H38N2O7S/c1-20-25-19-24(38-17-6-18-40(2,36)37)13-14-26(25)39-29(20)28(21-7-4-3-5-8-21)32-23-11-9-22(10-12-23)30(35)31-16-15-27(33)34/h9-14,19,21,28,32H,3-8,15-18H2,1-2H3,(H,31,35)(H,33,34). The van der Waals surface area contributed by atoms with E-state index in [-0.39, 0.29) is 30.7 Å². The molecule has 0 bridgehead atoms. The van der Waals surface area contributed by atoms with Crippen LogP contribution in [0.1, 0.15) is 72.7 Å². The first-order valence-electron chi connectivity index (χ1n) is 13.8. The molecule has 10 heteroatoms. The molecule has 1 saturated carbocycles. The van der Waals surface area contributed by atoms with E-state index >= 15 is 0 Å². The summed E-state index contributed by atoms with van der Waals surface area (Å²) in [4.78, 5) is 23.1. The van der Waals surface area contributed by atoms with Gasteiger partial charge in [-0.15, -0.1) is 0 Å². The van der Waals surface area contributed by atoms with Gasteiger partial charge in [0.1, 0.15) is 26.9 Å². The van der Waals surface area contributed by atoms with Crippen molar-refractivity contribution < 1.29 is 32.3 Å². The molecule has 3 N–H and O–H groups in total. The van der Waals surface area contributed by atoms with Gasteiger partial charge in [-0.2, -0.15) is 0 Å². The van der Waals surface area contributed by atoms with E-state index in [0.29, 0.717) is 30.3 Å². The monoisotopic (exact) mass is 570 g/mol. The molecule has 1 aliphatic rings. The van der Waals surface area contributed by atoms with Crippen molar-refractivity contribution in [2.24, 2.45) is 5.92 Å². The maximum atomic E-state index is 12.4. The molecule has 1 aromatic heterocycles. The Morgan fingerprint density at radius 2 is 1.82 bits per heavy atom. The number of carboxylic acid groups (broad SMARTS) is 1. The van der Waals surface area contributed by atoms with Crippen molar-refractivity contribution in [3.05, 3.63) is 59.4 Å². The first-order chi connectivity index (χ1) is 19.1. The summed E-state index contributed by atoms with van der Waals surface area (Å²) in [5, 5.41) is 16.0. The summed E-state index contributed by atoms with van der Waals surface area (Å²) < 4.78 is 35.0. The van der Waals surface area contributed by atoms with Gasteiger partial charge in [-0.1, -0.05) is 19.3 Å². The molecular formula is C30H38N2O7S. The van der Waals surface area contributed by atoms with E-state index in [0.717, 1.165) is 40.8 Å². The molecule has 0 spiro atoms. The fraction of sp³-hybridized carbons (Fsp3) is 0.467. The average molecular weight is 571 g/mol. The summed E-state index contributed by atoms with van der Waals surface area (Å²) in [6.07, 6.45) is 7.29. The molecule has 3 aromatic rings. The summed E-state index contributed by atoms with van der Waals surface area (Å²) in [5.74, 6) is 0.776. The van der Waals surface area contributed by atoms with Crippen LogP contribution in [0.25, 0.3) is 11.0 Å². The molecule has 0 aliphatic heterocycles. The Hall–Kier alpha value is -3.53. The topological polar surface area (TPSA) is 135 Å². The van der Waals surface area contributed by atoms with Crippen molar-refractivity contribution in [3.8, 4) is 5.75 Å². The zero-order valence-corrected chi connectivity index (χ0v) is 23.9. The van der Waals surface area contributed by atoms with Gasteiger partial charge >= 0.3 is 5.97 Å². The molecule has 1 amide bonds. The Balaban J connectivity index is 1.52. The average Bonchev–Trinajstić information content (AvgIpc) is 3.25. The van der Waals surface area contributed by atoms with Crippen LogP contribution >= 0.6 is 0 Å². The van der Waals surface area contributed by atoms with E-state index in [1.165, 1.54) is 25.5 Å². The first kappa shape index (κ1) is 29.5. The number of fused-ring (bicyclic) bond motifs is 1.